The molecule has 1 aromatic heterocycles. The van der Waals surface area contributed by atoms with Crippen LogP contribution in [0.4, 0.5) is 0 Å². The van der Waals surface area contributed by atoms with E-state index >= 15 is 0 Å². The Labute approximate surface area is 141 Å². The standard InChI is InChI=1S/C17H25N3O4/c1-12(21)16-10-15(19-24-16)8-14-11-18-3-2-13(14)9-17(22)20-4-6-23-7-5-20/h10,13-14,18H,2-9,11H2,1H3/t13-,14+/m0/s1. The van der Waals surface area contributed by atoms with E-state index in [0.29, 0.717) is 50.3 Å². The lowest BCUT2D eigenvalue weighted by molar-refractivity contribution is -0.136. The smallest absolute Gasteiger partial charge is 0.223 e. The highest BCUT2D eigenvalue weighted by atomic mass is 16.5. The summed E-state index contributed by atoms with van der Waals surface area (Å²) in [6.07, 6.45) is 2.28. The van der Waals surface area contributed by atoms with Gasteiger partial charge in [-0.05, 0) is 37.8 Å². The van der Waals surface area contributed by atoms with Gasteiger partial charge in [0.2, 0.25) is 11.7 Å². The van der Waals surface area contributed by atoms with Gasteiger partial charge in [0.25, 0.3) is 0 Å². The molecule has 1 N–H and O–H groups in total. The number of ketones is 1. The van der Waals surface area contributed by atoms with Gasteiger partial charge in [-0.25, -0.2) is 0 Å². The molecule has 0 bridgehead atoms. The van der Waals surface area contributed by atoms with Crippen molar-refractivity contribution in [2.75, 3.05) is 39.4 Å². The molecule has 2 fully saturated rings. The van der Waals surface area contributed by atoms with Gasteiger partial charge in [0, 0.05) is 32.5 Å². The molecule has 24 heavy (non-hydrogen) atoms. The zero-order valence-electron chi connectivity index (χ0n) is 14.1. The molecule has 0 spiro atoms. The number of Topliss-reactive ketones (excluding diaryl/α,β-unsaturated/α-hetero) is 1. The molecular formula is C17H25N3O4. The van der Waals surface area contributed by atoms with Crippen LogP contribution in [0.25, 0.3) is 0 Å². The van der Waals surface area contributed by atoms with Crippen molar-refractivity contribution in [2.45, 2.75) is 26.2 Å². The van der Waals surface area contributed by atoms with E-state index in [-0.39, 0.29) is 11.7 Å². The fourth-order valence-corrected chi connectivity index (χ4v) is 3.49. The Kier molecular flexibility index (Phi) is 5.63. The van der Waals surface area contributed by atoms with Gasteiger partial charge in [-0.2, -0.15) is 0 Å². The highest BCUT2D eigenvalue weighted by Gasteiger charge is 2.30. The maximum atomic E-state index is 12.5. The summed E-state index contributed by atoms with van der Waals surface area (Å²) in [5.74, 6) is 1.07. The van der Waals surface area contributed by atoms with Crippen LogP contribution in [0.5, 0.6) is 0 Å². The Morgan fingerprint density at radius 3 is 2.83 bits per heavy atom. The lowest BCUT2D eigenvalue weighted by atomic mass is 9.81. The molecule has 7 nitrogen and oxygen atoms in total. The number of nitrogens with one attached hydrogen (secondary N) is 1. The van der Waals surface area contributed by atoms with Crippen LogP contribution in [0, 0.1) is 11.8 Å². The fraction of sp³-hybridized carbons (Fsp3) is 0.706. The topological polar surface area (TPSA) is 84.7 Å². The zero-order valence-corrected chi connectivity index (χ0v) is 14.1. The number of piperidine rings is 1. The molecule has 2 aliphatic heterocycles. The van der Waals surface area contributed by atoms with Gasteiger partial charge < -0.3 is 19.5 Å². The summed E-state index contributed by atoms with van der Waals surface area (Å²) < 4.78 is 10.4. The summed E-state index contributed by atoms with van der Waals surface area (Å²) >= 11 is 0. The fourth-order valence-electron chi connectivity index (χ4n) is 3.49. The third kappa shape index (κ3) is 4.21. The third-order valence-corrected chi connectivity index (χ3v) is 4.94. The SMILES string of the molecule is CC(=O)c1cc(C[C@@H]2CNCC[C@H]2CC(=O)N2CCOCC2)no1. The number of morpholine rings is 1. The van der Waals surface area contributed by atoms with E-state index in [1.807, 2.05) is 4.90 Å². The van der Waals surface area contributed by atoms with Gasteiger partial charge in [-0.15, -0.1) is 0 Å². The number of carbonyl (C=O) groups excluding carboxylic acids is 2. The highest BCUT2D eigenvalue weighted by molar-refractivity contribution is 5.91. The molecule has 0 aliphatic carbocycles. The Morgan fingerprint density at radius 1 is 1.33 bits per heavy atom. The number of ether oxygens (including phenoxy) is 1. The van der Waals surface area contributed by atoms with Crippen molar-refractivity contribution >= 4 is 11.7 Å². The first-order valence-corrected chi connectivity index (χ1v) is 8.66. The van der Waals surface area contributed by atoms with Gasteiger partial charge in [0.1, 0.15) is 0 Å². The Balaban J connectivity index is 1.59. The minimum absolute atomic E-state index is 0.116. The second kappa shape index (κ2) is 7.90. The van der Waals surface area contributed by atoms with Gasteiger partial charge in [-0.1, -0.05) is 5.16 Å². The normalized spacial score (nSPS) is 24.8. The van der Waals surface area contributed by atoms with Crippen LogP contribution in [-0.4, -0.2) is 61.1 Å². The monoisotopic (exact) mass is 335 g/mol. The summed E-state index contributed by atoms with van der Waals surface area (Å²) in [7, 11) is 0. The van der Waals surface area contributed by atoms with Gasteiger partial charge in [0.05, 0.1) is 18.9 Å². The molecule has 2 saturated heterocycles. The Hall–Kier alpha value is -1.73. The summed E-state index contributed by atoms with van der Waals surface area (Å²) in [4.78, 5) is 25.8. The van der Waals surface area contributed by atoms with Crippen molar-refractivity contribution in [2.24, 2.45) is 11.8 Å². The second-order valence-electron chi connectivity index (χ2n) is 6.65. The van der Waals surface area contributed by atoms with E-state index < -0.39 is 0 Å². The molecule has 132 valence electrons. The van der Waals surface area contributed by atoms with Gasteiger partial charge in [0.15, 0.2) is 5.78 Å². The minimum Gasteiger partial charge on any atom is -0.378 e. The average molecular weight is 335 g/mol. The van der Waals surface area contributed by atoms with Gasteiger partial charge >= 0.3 is 0 Å². The van der Waals surface area contributed by atoms with Crippen molar-refractivity contribution < 1.29 is 18.8 Å². The van der Waals surface area contributed by atoms with E-state index in [1.165, 1.54) is 6.92 Å². The van der Waals surface area contributed by atoms with Crippen LogP contribution in [0.15, 0.2) is 10.6 Å². The number of hydrogen-bond donors (Lipinski definition) is 1. The van der Waals surface area contributed by atoms with Crippen molar-refractivity contribution in [3.63, 3.8) is 0 Å². The summed E-state index contributed by atoms with van der Waals surface area (Å²) in [6, 6.07) is 1.72. The number of carbonyl (C=O) groups is 2. The molecule has 3 heterocycles. The number of nitrogens with zero attached hydrogens (tertiary/aromatic N) is 2. The van der Waals surface area contributed by atoms with Crippen LogP contribution < -0.4 is 5.32 Å². The van der Waals surface area contributed by atoms with Crippen LogP contribution in [0.3, 0.4) is 0 Å². The number of rotatable bonds is 5. The molecular weight excluding hydrogens is 310 g/mol. The summed E-state index contributed by atoms with van der Waals surface area (Å²) in [6.45, 7) is 5.93. The van der Waals surface area contributed by atoms with E-state index in [1.54, 1.807) is 6.07 Å². The van der Waals surface area contributed by atoms with Crippen molar-refractivity contribution in [3.05, 3.63) is 17.5 Å². The largest absolute Gasteiger partial charge is 0.378 e. The summed E-state index contributed by atoms with van der Waals surface area (Å²) in [5, 5.41) is 7.40. The van der Waals surface area contributed by atoms with Crippen LogP contribution in [-0.2, 0) is 16.0 Å². The third-order valence-electron chi connectivity index (χ3n) is 4.94. The molecule has 0 saturated carbocycles. The van der Waals surface area contributed by atoms with E-state index in [0.717, 1.165) is 31.6 Å². The number of aromatic nitrogens is 1. The quantitative estimate of drug-likeness (QED) is 0.805. The molecule has 1 aromatic rings. The molecule has 1 amide bonds. The van der Waals surface area contributed by atoms with Crippen LogP contribution >= 0.6 is 0 Å². The zero-order chi connectivity index (χ0) is 16.9. The Morgan fingerprint density at radius 2 is 2.12 bits per heavy atom. The maximum absolute atomic E-state index is 12.5. The van der Waals surface area contributed by atoms with Crippen molar-refractivity contribution in [1.29, 1.82) is 0 Å². The van der Waals surface area contributed by atoms with Crippen LogP contribution in [0.2, 0.25) is 0 Å². The Bertz CT molecular complexity index is 580. The van der Waals surface area contributed by atoms with Crippen molar-refractivity contribution in [3.8, 4) is 0 Å². The molecule has 0 aromatic carbocycles. The molecule has 3 rings (SSSR count). The molecule has 2 atom stereocenters. The lowest BCUT2D eigenvalue weighted by Gasteiger charge is -2.34. The molecule has 0 unspecified atom stereocenters. The first-order chi connectivity index (χ1) is 11.6. The molecule has 0 radical (unpaired) electrons. The predicted molar refractivity (Wildman–Crippen MR) is 86.7 cm³/mol. The van der Waals surface area contributed by atoms with E-state index in [4.69, 9.17) is 9.26 Å². The van der Waals surface area contributed by atoms with Crippen molar-refractivity contribution in [1.82, 2.24) is 15.4 Å². The number of hydrogen-bond acceptors (Lipinski definition) is 6. The molecule has 7 heteroatoms. The van der Waals surface area contributed by atoms with E-state index in [2.05, 4.69) is 10.5 Å². The highest BCUT2D eigenvalue weighted by Crippen LogP contribution is 2.27. The first-order valence-electron chi connectivity index (χ1n) is 8.66. The van der Waals surface area contributed by atoms with E-state index in [9.17, 15) is 9.59 Å². The minimum atomic E-state index is -0.116. The van der Waals surface area contributed by atoms with Crippen LogP contribution in [0.1, 0.15) is 36.0 Å². The molecule has 2 aliphatic rings. The number of amides is 1. The lowest BCUT2D eigenvalue weighted by Crippen LogP contribution is -2.44. The summed E-state index contributed by atoms with van der Waals surface area (Å²) in [5.41, 5.74) is 0.790. The first kappa shape index (κ1) is 17.1. The van der Waals surface area contributed by atoms with Gasteiger partial charge in [-0.3, -0.25) is 9.59 Å². The predicted octanol–water partition coefficient (Wildman–Crippen LogP) is 0.894. The maximum Gasteiger partial charge on any atom is 0.223 e. The second-order valence-corrected chi connectivity index (χ2v) is 6.65. The average Bonchev–Trinajstić information content (AvgIpc) is 3.06.